The van der Waals surface area contributed by atoms with Crippen LogP contribution in [0, 0.1) is 0 Å². The molecule has 1 aromatic carbocycles. The standard InChI is InChI=1S/C17H19BrN2O4S/c1-22-11-8-9(13(18)15(24-3)14(11)23-2)16(21)20-17-19-10-6-4-5-7-12(10)25-17/h8H,4-7H2,1-3H3,(H,19,20,21). The second-order valence-corrected chi connectivity index (χ2v) is 7.43. The van der Waals surface area contributed by atoms with Gasteiger partial charge in [0.2, 0.25) is 5.75 Å². The van der Waals surface area contributed by atoms with Crippen molar-refractivity contribution in [3.63, 3.8) is 0 Å². The smallest absolute Gasteiger partial charge is 0.258 e. The predicted molar refractivity (Wildman–Crippen MR) is 101 cm³/mol. The van der Waals surface area contributed by atoms with Crippen LogP contribution < -0.4 is 19.5 Å². The van der Waals surface area contributed by atoms with Gasteiger partial charge < -0.3 is 14.2 Å². The van der Waals surface area contributed by atoms with Gasteiger partial charge in [-0.3, -0.25) is 10.1 Å². The molecule has 0 fully saturated rings. The van der Waals surface area contributed by atoms with Gasteiger partial charge in [0.25, 0.3) is 5.91 Å². The number of nitrogens with zero attached hydrogens (tertiary/aromatic N) is 1. The summed E-state index contributed by atoms with van der Waals surface area (Å²) in [7, 11) is 4.55. The Bertz CT molecular complexity index is 783. The van der Waals surface area contributed by atoms with Crippen molar-refractivity contribution in [3.8, 4) is 17.2 Å². The van der Waals surface area contributed by atoms with Crippen LogP contribution in [0.2, 0.25) is 0 Å². The number of methoxy groups -OCH3 is 3. The Kier molecular flexibility index (Phi) is 5.48. The largest absolute Gasteiger partial charge is 0.493 e. The average Bonchev–Trinajstić information content (AvgIpc) is 3.03. The van der Waals surface area contributed by atoms with Crippen molar-refractivity contribution < 1.29 is 19.0 Å². The number of anilines is 1. The number of ether oxygens (including phenoxy) is 3. The van der Waals surface area contributed by atoms with E-state index in [0.717, 1.165) is 25.0 Å². The fraction of sp³-hybridized carbons (Fsp3) is 0.412. The molecule has 0 atom stereocenters. The van der Waals surface area contributed by atoms with Crippen LogP contribution in [0.3, 0.4) is 0 Å². The lowest BCUT2D eigenvalue weighted by Crippen LogP contribution is -2.13. The van der Waals surface area contributed by atoms with Crippen molar-refractivity contribution in [1.82, 2.24) is 4.98 Å². The topological polar surface area (TPSA) is 69.7 Å². The zero-order chi connectivity index (χ0) is 18.0. The van der Waals surface area contributed by atoms with Gasteiger partial charge in [0.1, 0.15) is 0 Å². The van der Waals surface area contributed by atoms with Crippen molar-refractivity contribution in [1.29, 1.82) is 0 Å². The lowest BCUT2D eigenvalue weighted by Gasteiger charge is -2.16. The van der Waals surface area contributed by atoms with E-state index >= 15 is 0 Å². The highest BCUT2D eigenvalue weighted by Gasteiger charge is 2.24. The minimum absolute atomic E-state index is 0.280. The zero-order valence-corrected chi connectivity index (χ0v) is 16.7. The van der Waals surface area contributed by atoms with Crippen LogP contribution in [0.4, 0.5) is 5.13 Å². The molecule has 3 rings (SSSR count). The van der Waals surface area contributed by atoms with E-state index in [1.165, 1.54) is 32.6 Å². The van der Waals surface area contributed by atoms with Crippen molar-refractivity contribution in [2.45, 2.75) is 25.7 Å². The molecule has 0 unspecified atom stereocenters. The molecule has 0 saturated carbocycles. The molecule has 0 saturated heterocycles. The Labute approximate surface area is 158 Å². The highest BCUT2D eigenvalue weighted by molar-refractivity contribution is 9.10. The molecule has 134 valence electrons. The Morgan fingerprint density at radius 1 is 1.16 bits per heavy atom. The van der Waals surface area contributed by atoms with E-state index in [-0.39, 0.29) is 5.91 Å². The van der Waals surface area contributed by atoms with E-state index in [1.807, 2.05) is 0 Å². The first kappa shape index (κ1) is 18.0. The number of aromatic nitrogens is 1. The van der Waals surface area contributed by atoms with Gasteiger partial charge in [0.15, 0.2) is 16.6 Å². The molecular weight excluding hydrogens is 408 g/mol. The molecule has 8 heteroatoms. The summed E-state index contributed by atoms with van der Waals surface area (Å²) < 4.78 is 16.5. The first-order valence-corrected chi connectivity index (χ1v) is 9.48. The van der Waals surface area contributed by atoms with Crippen LogP contribution in [-0.4, -0.2) is 32.2 Å². The summed E-state index contributed by atoms with van der Waals surface area (Å²) in [5.41, 5.74) is 1.50. The number of hydrogen-bond acceptors (Lipinski definition) is 6. The summed E-state index contributed by atoms with van der Waals surface area (Å²) in [5, 5.41) is 3.51. The number of aryl methyl sites for hydroxylation is 2. The van der Waals surface area contributed by atoms with E-state index in [2.05, 4.69) is 26.2 Å². The normalized spacial score (nSPS) is 13.1. The SMILES string of the molecule is COc1cc(C(=O)Nc2nc3c(s2)CCCC3)c(Br)c(OC)c1OC. The monoisotopic (exact) mass is 426 g/mol. The van der Waals surface area contributed by atoms with E-state index in [9.17, 15) is 4.79 Å². The molecule has 1 aromatic heterocycles. The van der Waals surface area contributed by atoms with Crippen LogP contribution in [0.1, 0.15) is 33.8 Å². The van der Waals surface area contributed by atoms with Gasteiger partial charge in [-0.05, 0) is 47.7 Å². The number of benzene rings is 1. The number of nitrogens with one attached hydrogen (secondary N) is 1. The highest BCUT2D eigenvalue weighted by Crippen LogP contribution is 2.45. The van der Waals surface area contributed by atoms with Gasteiger partial charge in [-0.25, -0.2) is 4.98 Å². The fourth-order valence-electron chi connectivity index (χ4n) is 2.86. The molecule has 1 heterocycles. The number of carbonyl (C=O) groups excluding carboxylic acids is 1. The third-order valence-electron chi connectivity index (χ3n) is 4.08. The van der Waals surface area contributed by atoms with Gasteiger partial charge >= 0.3 is 0 Å². The highest BCUT2D eigenvalue weighted by atomic mass is 79.9. The predicted octanol–water partition coefficient (Wildman–Crippen LogP) is 4.06. The molecule has 1 amide bonds. The van der Waals surface area contributed by atoms with E-state index < -0.39 is 0 Å². The van der Waals surface area contributed by atoms with E-state index in [0.29, 0.717) is 32.4 Å². The molecular formula is C17H19BrN2O4S. The molecule has 1 N–H and O–H groups in total. The average molecular weight is 427 g/mol. The van der Waals surface area contributed by atoms with E-state index in [1.54, 1.807) is 17.4 Å². The molecule has 1 aliphatic rings. The third-order valence-corrected chi connectivity index (χ3v) is 5.94. The first-order valence-electron chi connectivity index (χ1n) is 7.87. The number of thiazole rings is 1. The number of halogens is 1. The van der Waals surface area contributed by atoms with Crippen LogP contribution in [0.5, 0.6) is 17.2 Å². The quantitative estimate of drug-likeness (QED) is 0.780. The lowest BCUT2D eigenvalue weighted by molar-refractivity contribution is 0.102. The van der Waals surface area contributed by atoms with Crippen molar-refractivity contribution >= 4 is 38.3 Å². The number of rotatable bonds is 5. The number of amides is 1. The molecule has 0 aliphatic heterocycles. The van der Waals surface area contributed by atoms with Gasteiger partial charge in [-0.2, -0.15) is 0 Å². The summed E-state index contributed by atoms with van der Waals surface area (Å²) in [6.45, 7) is 0. The van der Waals surface area contributed by atoms with Crippen molar-refractivity contribution in [2.75, 3.05) is 26.6 Å². The molecule has 6 nitrogen and oxygen atoms in total. The molecule has 0 bridgehead atoms. The van der Waals surface area contributed by atoms with E-state index in [4.69, 9.17) is 14.2 Å². The fourth-order valence-corrected chi connectivity index (χ4v) is 4.54. The van der Waals surface area contributed by atoms with Gasteiger partial charge in [0.05, 0.1) is 37.1 Å². The summed E-state index contributed by atoms with van der Waals surface area (Å²) >= 11 is 4.98. The second kappa shape index (κ2) is 7.61. The number of fused-ring (bicyclic) bond motifs is 1. The van der Waals surface area contributed by atoms with Crippen LogP contribution in [0.25, 0.3) is 0 Å². The van der Waals surface area contributed by atoms with Crippen LogP contribution in [-0.2, 0) is 12.8 Å². The minimum Gasteiger partial charge on any atom is -0.493 e. The van der Waals surface area contributed by atoms with Gasteiger partial charge in [0, 0.05) is 4.88 Å². The Morgan fingerprint density at radius 2 is 1.88 bits per heavy atom. The summed E-state index contributed by atoms with van der Waals surface area (Å²) in [6.07, 6.45) is 4.36. The zero-order valence-electron chi connectivity index (χ0n) is 14.3. The lowest BCUT2D eigenvalue weighted by atomic mass is 10.0. The van der Waals surface area contributed by atoms with Crippen molar-refractivity contribution in [2.24, 2.45) is 0 Å². The Morgan fingerprint density at radius 3 is 2.52 bits per heavy atom. The number of hydrogen-bond donors (Lipinski definition) is 1. The summed E-state index contributed by atoms with van der Waals surface area (Å²) in [5.74, 6) is 0.979. The van der Waals surface area contributed by atoms with Crippen LogP contribution >= 0.6 is 27.3 Å². The molecule has 2 aromatic rings. The summed E-state index contributed by atoms with van der Waals surface area (Å²) in [6, 6.07) is 1.62. The second-order valence-electron chi connectivity index (χ2n) is 5.56. The molecule has 0 radical (unpaired) electrons. The molecule has 1 aliphatic carbocycles. The maximum Gasteiger partial charge on any atom is 0.258 e. The molecule has 25 heavy (non-hydrogen) atoms. The maximum absolute atomic E-state index is 12.8. The minimum atomic E-state index is -0.280. The van der Waals surface area contributed by atoms with Crippen molar-refractivity contribution in [3.05, 3.63) is 26.7 Å². The third kappa shape index (κ3) is 3.46. The number of carbonyl (C=O) groups is 1. The van der Waals surface area contributed by atoms with Gasteiger partial charge in [-0.15, -0.1) is 11.3 Å². The Hall–Kier alpha value is -1.80. The van der Waals surface area contributed by atoms with Gasteiger partial charge in [-0.1, -0.05) is 0 Å². The van der Waals surface area contributed by atoms with Crippen LogP contribution in [0.15, 0.2) is 10.5 Å². The molecule has 0 spiro atoms. The summed E-state index contributed by atoms with van der Waals surface area (Å²) in [4.78, 5) is 18.6. The Balaban J connectivity index is 1.92. The maximum atomic E-state index is 12.8. The first-order chi connectivity index (χ1) is 12.1.